The fraction of sp³-hybridized carbons (Fsp3) is 0.286. The van der Waals surface area contributed by atoms with E-state index >= 15 is 0 Å². The van der Waals surface area contributed by atoms with Crippen LogP contribution in [0, 0.1) is 0 Å². The lowest BCUT2D eigenvalue weighted by atomic mass is 10.1. The first-order chi connectivity index (χ1) is 9.24. The monoisotopic (exact) mass is 275 g/mol. The van der Waals surface area contributed by atoms with Gasteiger partial charge in [-0.3, -0.25) is 4.79 Å². The van der Waals surface area contributed by atoms with Gasteiger partial charge < -0.3 is 11.1 Å². The molecule has 100 valence electrons. The maximum atomic E-state index is 11.6. The minimum Gasteiger partial charge on any atom is -0.399 e. The van der Waals surface area contributed by atoms with Gasteiger partial charge in [0.05, 0.1) is 11.2 Å². The molecule has 19 heavy (non-hydrogen) atoms. The van der Waals surface area contributed by atoms with Gasteiger partial charge in [0.25, 0.3) is 0 Å². The van der Waals surface area contributed by atoms with Crippen molar-refractivity contribution >= 4 is 22.9 Å². The Labute approximate surface area is 116 Å². The Hall–Kier alpha value is -1.88. The average molecular weight is 275 g/mol. The molecular weight excluding hydrogens is 258 g/mol. The number of benzene rings is 1. The number of nitrogen functional groups attached to an aromatic ring is 1. The van der Waals surface area contributed by atoms with Crippen LogP contribution in [0.3, 0.4) is 0 Å². The maximum Gasteiger partial charge on any atom is 0.220 e. The number of nitrogens with one attached hydrogen (secondary N) is 1. The Kier molecular flexibility index (Phi) is 4.92. The molecule has 1 heterocycles. The summed E-state index contributed by atoms with van der Waals surface area (Å²) in [6, 6.07) is 7.71. The normalized spacial score (nSPS) is 10.3. The van der Waals surface area contributed by atoms with Crippen molar-refractivity contribution in [2.24, 2.45) is 0 Å². The number of hydrogen-bond acceptors (Lipinski definition) is 4. The maximum absolute atomic E-state index is 11.6. The zero-order valence-corrected chi connectivity index (χ0v) is 11.5. The van der Waals surface area contributed by atoms with Gasteiger partial charge >= 0.3 is 0 Å². The Bertz CT molecular complexity index is 508. The smallest absolute Gasteiger partial charge is 0.220 e. The van der Waals surface area contributed by atoms with E-state index < -0.39 is 0 Å². The van der Waals surface area contributed by atoms with Crippen LogP contribution in [0.1, 0.15) is 17.7 Å². The summed E-state index contributed by atoms with van der Waals surface area (Å²) in [4.78, 5) is 15.8. The van der Waals surface area contributed by atoms with Crippen molar-refractivity contribution in [1.29, 1.82) is 0 Å². The average Bonchev–Trinajstić information content (AvgIpc) is 2.92. The predicted molar refractivity (Wildman–Crippen MR) is 78.0 cm³/mol. The molecule has 0 aliphatic carbocycles. The van der Waals surface area contributed by atoms with Crippen molar-refractivity contribution in [2.45, 2.75) is 19.3 Å². The third-order valence-corrected chi connectivity index (χ3v) is 3.44. The van der Waals surface area contributed by atoms with Gasteiger partial charge in [-0.15, -0.1) is 11.3 Å². The van der Waals surface area contributed by atoms with Crippen LogP contribution in [-0.4, -0.2) is 17.4 Å². The summed E-state index contributed by atoms with van der Waals surface area (Å²) in [5.74, 6) is 0.0726. The first-order valence-electron chi connectivity index (χ1n) is 6.22. The molecule has 0 atom stereocenters. The van der Waals surface area contributed by atoms with Gasteiger partial charge in [0, 0.05) is 24.0 Å². The number of thiazole rings is 1. The number of hydrogen-bond donors (Lipinski definition) is 2. The molecule has 5 heteroatoms. The van der Waals surface area contributed by atoms with Gasteiger partial charge in [-0.2, -0.15) is 0 Å². The summed E-state index contributed by atoms with van der Waals surface area (Å²) in [5.41, 5.74) is 10.3. The number of rotatable bonds is 6. The zero-order chi connectivity index (χ0) is 13.5. The standard InChI is InChI=1S/C14H17N3OS/c15-12-3-1-11(2-4-12)7-8-16-14(18)6-5-13-9-19-10-17-13/h1-4,9-10H,5-8,15H2,(H,16,18). The summed E-state index contributed by atoms with van der Waals surface area (Å²) in [5, 5.41) is 4.89. The van der Waals surface area contributed by atoms with E-state index in [0.717, 1.165) is 17.8 Å². The van der Waals surface area contributed by atoms with Gasteiger partial charge in [0.15, 0.2) is 0 Å². The summed E-state index contributed by atoms with van der Waals surface area (Å²) in [7, 11) is 0. The molecular formula is C14H17N3OS. The molecule has 0 fully saturated rings. The van der Waals surface area contributed by atoms with Crippen molar-refractivity contribution in [1.82, 2.24) is 10.3 Å². The number of amides is 1. The number of aromatic nitrogens is 1. The van der Waals surface area contributed by atoms with E-state index in [1.54, 1.807) is 16.8 Å². The quantitative estimate of drug-likeness (QED) is 0.792. The predicted octanol–water partition coefficient (Wildman–Crippen LogP) is 2.02. The second-order valence-corrected chi connectivity index (χ2v) is 5.04. The Morgan fingerprint density at radius 3 is 2.74 bits per heavy atom. The van der Waals surface area contributed by atoms with Crippen molar-refractivity contribution in [2.75, 3.05) is 12.3 Å². The second-order valence-electron chi connectivity index (χ2n) is 4.32. The Balaban J connectivity index is 1.65. The molecule has 0 saturated heterocycles. The van der Waals surface area contributed by atoms with Gasteiger partial charge in [0.1, 0.15) is 0 Å². The van der Waals surface area contributed by atoms with Crippen LogP contribution in [-0.2, 0) is 17.6 Å². The van der Waals surface area contributed by atoms with Crippen LogP contribution in [0.25, 0.3) is 0 Å². The molecule has 4 nitrogen and oxygen atoms in total. The number of nitrogens with two attached hydrogens (primary N) is 1. The first-order valence-corrected chi connectivity index (χ1v) is 7.16. The third-order valence-electron chi connectivity index (χ3n) is 2.81. The van der Waals surface area contributed by atoms with E-state index in [9.17, 15) is 4.79 Å². The van der Waals surface area contributed by atoms with Crippen LogP contribution in [0.4, 0.5) is 5.69 Å². The van der Waals surface area contributed by atoms with Crippen LogP contribution in [0.5, 0.6) is 0 Å². The van der Waals surface area contributed by atoms with Gasteiger partial charge in [-0.25, -0.2) is 4.98 Å². The molecule has 0 bridgehead atoms. The minimum absolute atomic E-state index is 0.0726. The fourth-order valence-electron chi connectivity index (χ4n) is 1.72. The van der Waals surface area contributed by atoms with Crippen LogP contribution >= 0.6 is 11.3 Å². The molecule has 2 aromatic rings. The molecule has 0 unspecified atom stereocenters. The topological polar surface area (TPSA) is 68.0 Å². The molecule has 1 aromatic heterocycles. The van der Waals surface area contributed by atoms with E-state index in [4.69, 9.17) is 5.73 Å². The summed E-state index contributed by atoms with van der Waals surface area (Å²) >= 11 is 1.55. The molecule has 2 rings (SSSR count). The fourth-order valence-corrected chi connectivity index (χ4v) is 2.31. The van der Waals surface area contributed by atoms with Crippen LogP contribution in [0.15, 0.2) is 35.2 Å². The number of nitrogens with zero attached hydrogens (tertiary/aromatic N) is 1. The van der Waals surface area contributed by atoms with E-state index in [0.29, 0.717) is 19.4 Å². The lowest BCUT2D eigenvalue weighted by molar-refractivity contribution is -0.121. The summed E-state index contributed by atoms with van der Waals surface area (Å²) in [6.07, 6.45) is 2.02. The lowest BCUT2D eigenvalue weighted by Crippen LogP contribution is -2.25. The van der Waals surface area contributed by atoms with Gasteiger partial charge in [0.2, 0.25) is 5.91 Å². The molecule has 0 saturated carbocycles. The SMILES string of the molecule is Nc1ccc(CCNC(=O)CCc2cscn2)cc1. The van der Waals surface area contributed by atoms with Crippen molar-refractivity contribution < 1.29 is 4.79 Å². The number of carbonyl (C=O) groups is 1. The van der Waals surface area contributed by atoms with Crippen molar-refractivity contribution in [3.8, 4) is 0 Å². The molecule has 0 spiro atoms. The highest BCUT2D eigenvalue weighted by atomic mass is 32.1. The second kappa shape index (κ2) is 6.89. The molecule has 0 aliphatic heterocycles. The third kappa shape index (κ3) is 4.71. The largest absolute Gasteiger partial charge is 0.399 e. The molecule has 0 radical (unpaired) electrons. The molecule has 3 N–H and O–H groups in total. The Morgan fingerprint density at radius 2 is 2.05 bits per heavy atom. The van der Waals surface area contributed by atoms with Crippen molar-refractivity contribution in [3.05, 3.63) is 46.4 Å². The summed E-state index contributed by atoms with van der Waals surface area (Å²) in [6.45, 7) is 0.653. The highest BCUT2D eigenvalue weighted by molar-refractivity contribution is 7.07. The van der Waals surface area contributed by atoms with Crippen molar-refractivity contribution in [3.63, 3.8) is 0 Å². The number of aryl methyl sites for hydroxylation is 1. The van der Waals surface area contributed by atoms with E-state index in [-0.39, 0.29) is 5.91 Å². The lowest BCUT2D eigenvalue weighted by Gasteiger charge is -2.05. The summed E-state index contributed by atoms with van der Waals surface area (Å²) < 4.78 is 0. The van der Waals surface area contributed by atoms with Gasteiger partial charge in [-0.1, -0.05) is 12.1 Å². The van der Waals surface area contributed by atoms with E-state index in [2.05, 4.69) is 10.3 Å². The van der Waals surface area contributed by atoms with Crippen LogP contribution in [0.2, 0.25) is 0 Å². The molecule has 0 aliphatic rings. The number of anilines is 1. The number of carbonyl (C=O) groups excluding carboxylic acids is 1. The zero-order valence-electron chi connectivity index (χ0n) is 10.6. The molecule has 1 amide bonds. The van der Waals surface area contributed by atoms with E-state index in [1.165, 1.54) is 5.56 Å². The minimum atomic E-state index is 0.0726. The van der Waals surface area contributed by atoms with Crippen LogP contribution < -0.4 is 11.1 Å². The van der Waals surface area contributed by atoms with Gasteiger partial charge in [-0.05, 0) is 30.5 Å². The Morgan fingerprint density at radius 1 is 1.26 bits per heavy atom. The molecule has 1 aromatic carbocycles. The highest BCUT2D eigenvalue weighted by Gasteiger charge is 2.03. The van der Waals surface area contributed by atoms with E-state index in [1.807, 2.05) is 29.6 Å². The first kappa shape index (κ1) is 13.5. The highest BCUT2D eigenvalue weighted by Crippen LogP contribution is 2.06.